The van der Waals surface area contributed by atoms with Crippen LogP contribution in [0.2, 0.25) is 0 Å². The first-order chi connectivity index (χ1) is 8.07. The Morgan fingerprint density at radius 2 is 2.00 bits per heavy atom. The summed E-state index contributed by atoms with van der Waals surface area (Å²) in [5.41, 5.74) is 5.03. The first-order valence-electron chi connectivity index (χ1n) is 5.30. The van der Waals surface area contributed by atoms with E-state index >= 15 is 0 Å². The molecule has 0 fully saturated rings. The SMILES string of the molecule is COCCCC(N)C(=O)c1c(F)cccc1F. The smallest absolute Gasteiger partial charge is 0.185 e. The normalized spacial score (nSPS) is 12.5. The Morgan fingerprint density at radius 1 is 1.41 bits per heavy atom. The molecule has 0 saturated heterocycles. The van der Waals surface area contributed by atoms with Crippen LogP contribution in [0.5, 0.6) is 0 Å². The number of Topliss-reactive ketones (excluding diaryl/α,β-unsaturated/α-hetero) is 1. The van der Waals surface area contributed by atoms with Gasteiger partial charge in [0.05, 0.1) is 11.6 Å². The van der Waals surface area contributed by atoms with Gasteiger partial charge >= 0.3 is 0 Å². The second kappa shape index (κ2) is 6.42. The molecule has 0 heterocycles. The Morgan fingerprint density at radius 3 is 2.53 bits per heavy atom. The molecule has 0 amide bonds. The van der Waals surface area contributed by atoms with Gasteiger partial charge < -0.3 is 10.5 Å². The van der Waals surface area contributed by atoms with Gasteiger partial charge in [-0.1, -0.05) is 6.07 Å². The van der Waals surface area contributed by atoms with Crippen LogP contribution in [-0.2, 0) is 4.74 Å². The number of halogens is 2. The van der Waals surface area contributed by atoms with Gasteiger partial charge in [0.15, 0.2) is 5.78 Å². The van der Waals surface area contributed by atoms with Gasteiger partial charge in [-0.2, -0.15) is 0 Å². The summed E-state index contributed by atoms with van der Waals surface area (Å²) in [6.45, 7) is 0.459. The number of hydrogen-bond acceptors (Lipinski definition) is 3. The van der Waals surface area contributed by atoms with Crippen LogP contribution in [0.25, 0.3) is 0 Å². The van der Waals surface area contributed by atoms with E-state index in [0.717, 1.165) is 12.1 Å². The van der Waals surface area contributed by atoms with Crippen LogP contribution in [0.3, 0.4) is 0 Å². The molecule has 17 heavy (non-hydrogen) atoms. The number of nitrogens with two attached hydrogens (primary N) is 1. The Bertz CT molecular complexity index is 376. The number of carbonyl (C=O) groups excluding carboxylic acids is 1. The predicted molar refractivity (Wildman–Crippen MR) is 59.8 cm³/mol. The van der Waals surface area contributed by atoms with Crippen LogP contribution in [-0.4, -0.2) is 25.5 Å². The summed E-state index contributed by atoms with van der Waals surface area (Å²) < 4.78 is 31.4. The van der Waals surface area contributed by atoms with Crippen LogP contribution in [0.4, 0.5) is 8.78 Å². The van der Waals surface area contributed by atoms with Crippen molar-refractivity contribution in [3.8, 4) is 0 Å². The molecule has 94 valence electrons. The second-order valence-corrected chi connectivity index (χ2v) is 3.70. The number of carbonyl (C=O) groups is 1. The molecular weight excluding hydrogens is 228 g/mol. The molecule has 0 aliphatic carbocycles. The van der Waals surface area contributed by atoms with Gasteiger partial charge in [-0.25, -0.2) is 8.78 Å². The van der Waals surface area contributed by atoms with Gasteiger partial charge in [0.25, 0.3) is 0 Å². The third kappa shape index (κ3) is 3.57. The largest absolute Gasteiger partial charge is 0.385 e. The molecular formula is C12H15F2NO2. The summed E-state index contributed by atoms with van der Waals surface area (Å²) >= 11 is 0. The zero-order valence-corrected chi connectivity index (χ0v) is 9.58. The number of ketones is 1. The van der Waals surface area contributed by atoms with E-state index in [0.29, 0.717) is 19.4 Å². The van der Waals surface area contributed by atoms with Crippen LogP contribution in [0, 0.1) is 11.6 Å². The molecule has 1 aromatic rings. The molecule has 5 heteroatoms. The fourth-order valence-electron chi connectivity index (χ4n) is 1.50. The summed E-state index contributed by atoms with van der Waals surface area (Å²) in [4.78, 5) is 11.7. The van der Waals surface area contributed by atoms with Crippen molar-refractivity contribution in [1.82, 2.24) is 0 Å². The van der Waals surface area contributed by atoms with E-state index in [1.165, 1.54) is 13.2 Å². The van der Waals surface area contributed by atoms with Gasteiger partial charge in [0, 0.05) is 13.7 Å². The Hall–Kier alpha value is -1.33. The second-order valence-electron chi connectivity index (χ2n) is 3.70. The summed E-state index contributed by atoms with van der Waals surface area (Å²) in [5, 5.41) is 0. The summed E-state index contributed by atoms with van der Waals surface area (Å²) in [6, 6.07) is 2.38. The van der Waals surface area contributed by atoms with Crippen LogP contribution in [0.15, 0.2) is 18.2 Å². The number of hydrogen-bond donors (Lipinski definition) is 1. The molecule has 1 unspecified atom stereocenters. The average Bonchev–Trinajstić information content (AvgIpc) is 2.28. The Balaban J connectivity index is 2.75. The van der Waals surface area contributed by atoms with Crippen molar-refractivity contribution in [2.75, 3.05) is 13.7 Å². The number of methoxy groups -OCH3 is 1. The van der Waals surface area contributed by atoms with Gasteiger partial charge in [-0.05, 0) is 25.0 Å². The maximum absolute atomic E-state index is 13.3. The first kappa shape index (κ1) is 13.7. The molecule has 1 atom stereocenters. The number of ether oxygens (including phenoxy) is 1. The van der Waals surface area contributed by atoms with Crippen LogP contribution < -0.4 is 5.73 Å². The molecule has 0 radical (unpaired) electrons. The van der Waals surface area contributed by atoms with Gasteiger partial charge in [0.2, 0.25) is 0 Å². The molecule has 0 aromatic heterocycles. The summed E-state index contributed by atoms with van der Waals surface area (Å²) in [7, 11) is 1.53. The first-order valence-corrected chi connectivity index (χ1v) is 5.30. The zero-order chi connectivity index (χ0) is 12.8. The van der Waals surface area contributed by atoms with E-state index in [1.807, 2.05) is 0 Å². The van der Waals surface area contributed by atoms with Crippen molar-refractivity contribution in [1.29, 1.82) is 0 Å². The van der Waals surface area contributed by atoms with Crippen LogP contribution >= 0.6 is 0 Å². The zero-order valence-electron chi connectivity index (χ0n) is 9.58. The Labute approximate surface area is 98.6 Å². The highest BCUT2D eigenvalue weighted by molar-refractivity contribution is 6.00. The molecule has 3 nitrogen and oxygen atoms in total. The van der Waals surface area contributed by atoms with Gasteiger partial charge in [0.1, 0.15) is 11.6 Å². The summed E-state index contributed by atoms with van der Waals surface area (Å²) in [5.74, 6) is -2.47. The molecule has 0 aliphatic rings. The quantitative estimate of drug-likeness (QED) is 0.613. The molecule has 0 saturated carbocycles. The minimum Gasteiger partial charge on any atom is -0.385 e. The highest BCUT2D eigenvalue weighted by Gasteiger charge is 2.22. The lowest BCUT2D eigenvalue weighted by molar-refractivity contribution is 0.0942. The van der Waals surface area contributed by atoms with Crippen molar-refractivity contribution in [2.45, 2.75) is 18.9 Å². The third-order valence-electron chi connectivity index (χ3n) is 2.41. The molecule has 0 aliphatic heterocycles. The predicted octanol–water partition coefficient (Wildman–Crippen LogP) is 1.90. The van der Waals surface area contributed by atoms with Crippen molar-refractivity contribution in [2.24, 2.45) is 5.73 Å². The molecule has 0 bridgehead atoms. The van der Waals surface area contributed by atoms with Gasteiger partial charge in [-0.15, -0.1) is 0 Å². The van der Waals surface area contributed by atoms with Gasteiger partial charge in [-0.3, -0.25) is 4.79 Å². The third-order valence-corrected chi connectivity index (χ3v) is 2.41. The lowest BCUT2D eigenvalue weighted by atomic mass is 10.0. The standard InChI is InChI=1S/C12H15F2NO2/c1-17-7-3-6-10(15)12(16)11-8(13)4-2-5-9(11)14/h2,4-5,10H,3,6-7,15H2,1H3. The monoisotopic (exact) mass is 243 g/mol. The van der Waals surface area contributed by atoms with Crippen molar-refractivity contribution in [3.05, 3.63) is 35.4 Å². The van der Waals surface area contributed by atoms with Crippen LogP contribution in [0.1, 0.15) is 23.2 Å². The number of rotatable bonds is 6. The molecule has 1 rings (SSSR count). The van der Waals surface area contributed by atoms with E-state index in [9.17, 15) is 13.6 Å². The lowest BCUT2D eigenvalue weighted by Gasteiger charge is -2.11. The minimum absolute atomic E-state index is 0.334. The highest BCUT2D eigenvalue weighted by atomic mass is 19.1. The average molecular weight is 243 g/mol. The molecule has 0 spiro atoms. The Kier molecular flexibility index (Phi) is 5.18. The highest BCUT2D eigenvalue weighted by Crippen LogP contribution is 2.15. The fourth-order valence-corrected chi connectivity index (χ4v) is 1.50. The fraction of sp³-hybridized carbons (Fsp3) is 0.417. The van der Waals surface area contributed by atoms with Crippen molar-refractivity contribution >= 4 is 5.78 Å². The van der Waals surface area contributed by atoms with E-state index < -0.39 is 29.0 Å². The van der Waals surface area contributed by atoms with Crippen molar-refractivity contribution in [3.63, 3.8) is 0 Å². The van der Waals surface area contributed by atoms with E-state index in [-0.39, 0.29) is 0 Å². The summed E-state index contributed by atoms with van der Waals surface area (Å²) in [6.07, 6.45) is 0.903. The van der Waals surface area contributed by atoms with E-state index in [1.54, 1.807) is 0 Å². The topological polar surface area (TPSA) is 52.3 Å². The van der Waals surface area contributed by atoms with E-state index in [4.69, 9.17) is 10.5 Å². The number of benzene rings is 1. The lowest BCUT2D eigenvalue weighted by Crippen LogP contribution is -2.32. The maximum Gasteiger partial charge on any atom is 0.185 e. The van der Waals surface area contributed by atoms with E-state index in [2.05, 4.69) is 0 Å². The molecule has 2 N–H and O–H groups in total. The minimum atomic E-state index is -0.906. The van der Waals surface area contributed by atoms with Crippen molar-refractivity contribution < 1.29 is 18.3 Å². The maximum atomic E-state index is 13.3. The molecule has 1 aromatic carbocycles.